The van der Waals surface area contributed by atoms with Crippen LogP contribution in [0.5, 0.6) is 5.75 Å². The molecule has 4 atom stereocenters. The average molecular weight is 703 g/mol. The van der Waals surface area contributed by atoms with E-state index < -0.39 is 46.7 Å². The number of amides is 2. The molecule has 266 valence electrons. The van der Waals surface area contributed by atoms with Crippen LogP contribution in [0.4, 0.5) is 13.6 Å². The normalized spacial score (nSPS) is 23.7. The van der Waals surface area contributed by atoms with Crippen LogP contribution in [0.3, 0.4) is 0 Å². The molecule has 2 aromatic carbocycles. The Balaban J connectivity index is 1.55. The van der Waals surface area contributed by atoms with Crippen molar-refractivity contribution < 1.29 is 42.1 Å². The molecule has 12 heteroatoms. The van der Waals surface area contributed by atoms with E-state index in [4.69, 9.17) is 35.3 Å². The van der Waals surface area contributed by atoms with Gasteiger partial charge in [-0.1, -0.05) is 48.9 Å². The Morgan fingerprint density at radius 2 is 1.88 bits per heavy atom. The lowest BCUT2D eigenvalue weighted by molar-refractivity contribution is -0.167. The van der Waals surface area contributed by atoms with E-state index in [-0.39, 0.29) is 60.1 Å². The number of carbonyl (C=O) groups excluding carboxylic acids is 2. The van der Waals surface area contributed by atoms with Gasteiger partial charge < -0.3 is 33.9 Å². The molecule has 49 heavy (non-hydrogen) atoms. The van der Waals surface area contributed by atoms with Gasteiger partial charge in [0.1, 0.15) is 23.8 Å². The first kappa shape index (κ1) is 36.6. The highest BCUT2D eigenvalue weighted by atomic mass is 35.5. The van der Waals surface area contributed by atoms with Crippen molar-refractivity contribution in [2.24, 2.45) is 11.8 Å². The van der Waals surface area contributed by atoms with Crippen molar-refractivity contribution in [2.45, 2.75) is 70.9 Å². The van der Waals surface area contributed by atoms with Crippen molar-refractivity contribution in [2.75, 3.05) is 40.5 Å². The van der Waals surface area contributed by atoms with Crippen LogP contribution >= 0.6 is 11.6 Å². The highest BCUT2D eigenvalue weighted by Crippen LogP contribution is 2.52. The van der Waals surface area contributed by atoms with E-state index in [1.54, 1.807) is 40.8 Å². The number of ether oxygens (including phenoxy) is 5. The second-order valence-corrected chi connectivity index (χ2v) is 14.1. The fraction of sp³-hybridized carbons (Fsp3) is 0.514. The number of nitrogens with one attached hydrogen (secondary N) is 1. The van der Waals surface area contributed by atoms with E-state index in [1.165, 1.54) is 11.9 Å². The molecular formula is C37H45ClF2N2O7. The van der Waals surface area contributed by atoms with Crippen LogP contribution in [0.15, 0.2) is 54.1 Å². The number of hydrogen-bond donors (Lipinski definition) is 1. The zero-order valence-corrected chi connectivity index (χ0v) is 29.6. The summed E-state index contributed by atoms with van der Waals surface area (Å²) in [5.41, 5.74) is -0.951. The largest absolute Gasteiger partial charge is 0.488 e. The lowest BCUT2D eigenvalue weighted by Crippen LogP contribution is -2.46. The molecule has 9 nitrogen and oxygen atoms in total. The van der Waals surface area contributed by atoms with Gasteiger partial charge >= 0.3 is 6.09 Å². The van der Waals surface area contributed by atoms with Crippen LogP contribution in [0.2, 0.25) is 5.02 Å². The van der Waals surface area contributed by atoms with Gasteiger partial charge in [-0.05, 0) is 57.6 Å². The highest BCUT2D eigenvalue weighted by Gasteiger charge is 2.47. The molecule has 3 aliphatic rings. The van der Waals surface area contributed by atoms with Crippen LogP contribution in [-0.2, 0) is 35.8 Å². The zero-order valence-electron chi connectivity index (χ0n) is 28.9. The van der Waals surface area contributed by atoms with Crippen LogP contribution in [0.25, 0.3) is 5.57 Å². The highest BCUT2D eigenvalue weighted by molar-refractivity contribution is 6.33. The second-order valence-electron chi connectivity index (χ2n) is 13.7. The van der Waals surface area contributed by atoms with Crippen molar-refractivity contribution >= 4 is 29.2 Å². The van der Waals surface area contributed by atoms with Crippen molar-refractivity contribution in [1.29, 1.82) is 0 Å². The lowest BCUT2D eigenvalue weighted by Gasteiger charge is -2.34. The average Bonchev–Trinajstić information content (AvgIpc) is 3.43. The molecule has 5 rings (SSSR count). The minimum absolute atomic E-state index is 0.00899. The Morgan fingerprint density at radius 3 is 2.53 bits per heavy atom. The summed E-state index contributed by atoms with van der Waals surface area (Å²) in [7, 11) is 3.05. The van der Waals surface area contributed by atoms with E-state index in [9.17, 15) is 9.59 Å². The summed E-state index contributed by atoms with van der Waals surface area (Å²) in [6, 6.07) is 10.4. The van der Waals surface area contributed by atoms with Gasteiger partial charge in [-0.2, -0.15) is 0 Å². The molecule has 2 aliphatic heterocycles. The smallest absolute Gasteiger partial charge is 0.410 e. The predicted octanol–water partition coefficient (Wildman–Crippen LogP) is 7.31. The summed E-state index contributed by atoms with van der Waals surface area (Å²) >= 11 is 6.72. The summed E-state index contributed by atoms with van der Waals surface area (Å²) in [6.07, 6.45) is 3.47. The molecule has 0 aromatic heterocycles. The van der Waals surface area contributed by atoms with Crippen molar-refractivity contribution in [3.8, 4) is 5.75 Å². The number of hydrogen-bond acceptors (Lipinski definition) is 7. The number of benzene rings is 2. The molecule has 1 N–H and O–H groups in total. The topological polar surface area (TPSA) is 95.6 Å². The quantitative estimate of drug-likeness (QED) is 0.260. The first-order valence-electron chi connectivity index (χ1n) is 16.6. The molecule has 0 spiro atoms. The van der Waals surface area contributed by atoms with E-state index in [0.29, 0.717) is 17.7 Å². The van der Waals surface area contributed by atoms with Gasteiger partial charge in [0.2, 0.25) is 5.91 Å². The standard InChI is InChI=1S/C37H45ClF2N2O7/c1-22-18-27(45-16-17-47-28-14-10-11-15-46-28)33(40)31(29(22)34(43)41-5)30-24-20-37(23-12-8-7-9-13-23,48-26(24)19-25(39)32(30)38)21-42(6)35(44)49-36(2,3)4/h7-9,12-13,18-19,22,28-29H,10-11,14-17,20-21H2,1-6H3,(H,41,43)/t22?,28?,29?,37-/m1/s1. The second kappa shape index (κ2) is 15.1. The van der Waals surface area contributed by atoms with Crippen molar-refractivity contribution in [1.82, 2.24) is 10.2 Å². The number of allylic oxidation sites excluding steroid dienone is 2. The van der Waals surface area contributed by atoms with Crippen LogP contribution in [-0.4, -0.2) is 69.3 Å². The Morgan fingerprint density at radius 1 is 1.14 bits per heavy atom. The molecule has 1 aliphatic carbocycles. The summed E-state index contributed by atoms with van der Waals surface area (Å²) in [5.74, 6) is -3.75. The third kappa shape index (κ3) is 8.05. The predicted molar refractivity (Wildman–Crippen MR) is 181 cm³/mol. The Labute approximate surface area is 291 Å². The third-order valence-corrected chi connectivity index (χ3v) is 9.21. The molecule has 1 fully saturated rings. The van der Waals surface area contributed by atoms with Gasteiger partial charge in [0.15, 0.2) is 23.5 Å². The van der Waals surface area contributed by atoms with Crippen molar-refractivity contribution in [3.05, 3.63) is 81.6 Å². The number of fused-ring (bicyclic) bond motifs is 1. The maximum absolute atomic E-state index is 16.8. The van der Waals surface area contributed by atoms with E-state index in [1.807, 2.05) is 30.3 Å². The summed E-state index contributed by atoms with van der Waals surface area (Å²) in [4.78, 5) is 27.9. The monoisotopic (exact) mass is 702 g/mol. The van der Waals surface area contributed by atoms with Gasteiger partial charge in [0, 0.05) is 49.9 Å². The molecule has 0 saturated carbocycles. The minimum Gasteiger partial charge on any atom is -0.488 e. The molecule has 1 saturated heterocycles. The Hall–Kier alpha value is -3.67. The maximum atomic E-state index is 16.8. The van der Waals surface area contributed by atoms with E-state index in [2.05, 4.69) is 5.32 Å². The number of carbonyl (C=O) groups is 2. The number of halogens is 3. The van der Waals surface area contributed by atoms with Gasteiger partial charge in [-0.25, -0.2) is 13.6 Å². The van der Waals surface area contributed by atoms with Crippen molar-refractivity contribution in [3.63, 3.8) is 0 Å². The maximum Gasteiger partial charge on any atom is 0.410 e. The fourth-order valence-corrected chi connectivity index (χ4v) is 6.88. The first-order valence-corrected chi connectivity index (χ1v) is 17.0. The Kier molecular flexibility index (Phi) is 11.3. The summed E-state index contributed by atoms with van der Waals surface area (Å²) in [5, 5.41) is 2.27. The SMILES string of the molecule is CNC(=O)C1C(c2c(Cl)c(F)cc3c2C[C@@](CN(C)C(=O)OC(C)(C)C)(c2ccccc2)O3)=C(F)C(OCCOC2CCCCO2)=CC1C. The van der Waals surface area contributed by atoms with Crippen LogP contribution in [0.1, 0.15) is 63.6 Å². The molecule has 3 unspecified atom stereocenters. The first-order chi connectivity index (χ1) is 23.2. The number of likely N-dealkylation sites (N-methyl/N-ethyl adjacent to an activating group) is 1. The van der Waals surface area contributed by atoms with Gasteiger partial charge in [-0.3, -0.25) is 4.79 Å². The van der Waals surface area contributed by atoms with Gasteiger partial charge in [-0.15, -0.1) is 0 Å². The summed E-state index contributed by atoms with van der Waals surface area (Å²) < 4.78 is 62.0. The van der Waals surface area contributed by atoms with E-state index in [0.717, 1.165) is 25.3 Å². The lowest BCUT2D eigenvalue weighted by atomic mass is 9.76. The molecule has 2 amide bonds. The summed E-state index contributed by atoms with van der Waals surface area (Å²) in [6.45, 7) is 7.89. The van der Waals surface area contributed by atoms with E-state index >= 15 is 8.78 Å². The molecule has 0 radical (unpaired) electrons. The number of rotatable bonds is 10. The molecule has 2 aromatic rings. The number of nitrogens with zero attached hydrogens (tertiary/aromatic N) is 1. The molecule has 2 heterocycles. The van der Waals surface area contributed by atoms with Crippen LogP contribution in [0, 0.1) is 17.7 Å². The zero-order chi connectivity index (χ0) is 35.5. The molecular weight excluding hydrogens is 658 g/mol. The van der Waals surface area contributed by atoms with Crippen LogP contribution < -0.4 is 10.1 Å². The molecule has 0 bridgehead atoms. The fourth-order valence-electron chi connectivity index (χ4n) is 6.61. The minimum atomic E-state index is -1.23. The van der Waals surface area contributed by atoms with Gasteiger partial charge in [0.05, 0.1) is 24.1 Å². The van der Waals surface area contributed by atoms with Gasteiger partial charge in [0.25, 0.3) is 0 Å². The third-order valence-electron chi connectivity index (χ3n) is 8.84. The Bertz CT molecular complexity index is 1600.